The third-order valence-corrected chi connectivity index (χ3v) is 2.82. The molecule has 0 spiro atoms. The normalized spacial score (nSPS) is 8.80. The third kappa shape index (κ3) is 3.94. The maximum atomic E-state index is 10.6. The van der Waals surface area contributed by atoms with Crippen molar-refractivity contribution in [1.82, 2.24) is 0 Å². The van der Waals surface area contributed by atoms with Crippen LogP contribution in [0.4, 0.5) is 22.7 Å². The Balaban J connectivity index is 2.64. The van der Waals surface area contributed by atoms with Gasteiger partial charge in [0.25, 0.3) is 0 Å². The molecule has 0 unspecified atom stereocenters. The van der Waals surface area contributed by atoms with Crippen molar-refractivity contribution in [2.75, 3.05) is 0 Å². The van der Waals surface area contributed by atoms with E-state index in [4.69, 9.17) is 4.74 Å². The second kappa shape index (κ2) is 8.41. The van der Waals surface area contributed by atoms with Gasteiger partial charge < -0.3 is 4.74 Å². The zero-order valence-electron chi connectivity index (χ0n) is 12.3. The standard InChI is InChI=1S/C16H6N4O5/c21-7-17-11-3-1-5-13(15(11)19-9-23)25-14-6-2-4-12(18-8-22)16(14)20-10-24/h1-6H. The van der Waals surface area contributed by atoms with E-state index in [2.05, 4.69) is 20.0 Å². The molecule has 9 nitrogen and oxygen atoms in total. The zero-order valence-corrected chi connectivity index (χ0v) is 12.3. The number of para-hydroxylation sites is 2. The first kappa shape index (κ1) is 17.1. The summed E-state index contributed by atoms with van der Waals surface area (Å²) in [6.45, 7) is 0. The lowest BCUT2D eigenvalue weighted by Gasteiger charge is -2.11. The molecule has 0 saturated heterocycles. The molecular weight excluding hydrogens is 328 g/mol. The number of ether oxygens (including phenoxy) is 1. The van der Waals surface area contributed by atoms with Crippen LogP contribution in [0.2, 0.25) is 0 Å². The highest BCUT2D eigenvalue weighted by Crippen LogP contribution is 2.44. The Morgan fingerprint density at radius 3 is 1.36 bits per heavy atom. The summed E-state index contributed by atoms with van der Waals surface area (Å²) < 4.78 is 5.59. The summed E-state index contributed by atoms with van der Waals surface area (Å²) in [7, 11) is 0. The van der Waals surface area contributed by atoms with Crippen LogP contribution in [-0.4, -0.2) is 24.3 Å². The summed E-state index contributed by atoms with van der Waals surface area (Å²) in [5.41, 5.74) is -0.103. The average Bonchev–Trinajstić information content (AvgIpc) is 2.61. The molecule has 0 amide bonds. The molecule has 0 radical (unpaired) electrons. The molecule has 0 heterocycles. The minimum atomic E-state index is -0.0776. The first-order chi connectivity index (χ1) is 12.2. The van der Waals surface area contributed by atoms with Crippen molar-refractivity contribution in [1.29, 1.82) is 0 Å². The maximum absolute atomic E-state index is 10.6. The lowest BCUT2D eigenvalue weighted by atomic mass is 10.2. The first-order valence-electron chi connectivity index (χ1n) is 6.50. The number of aliphatic imine (C=N–C) groups is 4. The topological polar surface area (TPSA) is 127 Å². The fourth-order valence-corrected chi connectivity index (χ4v) is 1.90. The van der Waals surface area contributed by atoms with E-state index in [1.165, 1.54) is 60.7 Å². The van der Waals surface area contributed by atoms with E-state index in [1.54, 1.807) is 0 Å². The summed E-state index contributed by atoms with van der Waals surface area (Å²) in [6.07, 6.45) is 5.33. The fourth-order valence-electron chi connectivity index (χ4n) is 1.90. The van der Waals surface area contributed by atoms with Gasteiger partial charge in [0.1, 0.15) is 22.7 Å². The Morgan fingerprint density at radius 2 is 1.00 bits per heavy atom. The van der Waals surface area contributed by atoms with Crippen molar-refractivity contribution in [3.63, 3.8) is 0 Å². The molecule has 0 saturated carbocycles. The molecule has 25 heavy (non-hydrogen) atoms. The van der Waals surface area contributed by atoms with Crippen molar-refractivity contribution in [3.05, 3.63) is 36.4 Å². The van der Waals surface area contributed by atoms with Crippen LogP contribution in [0.3, 0.4) is 0 Å². The van der Waals surface area contributed by atoms with Crippen LogP contribution >= 0.6 is 0 Å². The van der Waals surface area contributed by atoms with E-state index in [0.717, 1.165) is 0 Å². The molecule has 0 aromatic heterocycles. The zero-order chi connectivity index (χ0) is 18.1. The molecule has 9 heteroatoms. The van der Waals surface area contributed by atoms with Gasteiger partial charge in [0, 0.05) is 0 Å². The van der Waals surface area contributed by atoms with Crippen molar-refractivity contribution < 1.29 is 23.9 Å². The molecule has 2 aromatic carbocycles. The second-order valence-electron chi connectivity index (χ2n) is 4.16. The highest BCUT2D eigenvalue weighted by molar-refractivity contribution is 5.77. The minimum Gasteiger partial charge on any atom is -0.453 e. The molecule has 0 aliphatic carbocycles. The van der Waals surface area contributed by atoms with E-state index in [0.29, 0.717) is 0 Å². The smallest absolute Gasteiger partial charge is 0.240 e. The number of isocyanates is 4. The van der Waals surface area contributed by atoms with Gasteiger partial charge in [-0.25, -0.2) is 19.2 Å². The molecule has 120 valence electrons. The van der Waals surface area contributed by atoms with Crippen LogP contribution in [0.1, 0.15) is 0 Å². The first-order valence-corrected chi connectivity index (χ1v) is 6.50. The Bertz CT molecular complexity index is 926. The fraction of sp³-hybridized carbons (Fsp3) is 0. The van der Waals surface area contributed by atoms with Crippen molar-refractivity contribution in [2.24, 2.45) is 20.0 Å². The van der Waals surface area contributed by atoms with Gasteiger partial charge in [-0.15, -0.1) is 0 Å². The van der Waals surface area contributed by atoms with E-state index in [1.807, 2.05) is 0 Å². The Labute approximate surface area is 139 Å². The third-order valence-electron chi connectivity index (χ3n) is 2.82. The highest BCUT2D eigenvalue weighted by Gasteiger charge is 2.14. The van der Waals surface area contributed by atoms with Crippen LogP contribution in [0.25, 0.3) is 0 Å². The molecule has 0 bridgehead atoms. The maximum Gasteiger partial charge on any atom is 0.240 e. The van der Waals surface area contributed by atoms with Crippen LogP contribution in [0, 0.1) is 0 Å². The van der Waals surface area contributed by atoms with E-state index in [9.17, 15) is 19.2 Å². The number of hydrogen-bond donors (Lipinski definition) is 0. The Hall–Kier alpha value is -4.24. The van der Waals surface area contributed by atoms with Gasteiger partial charge in [0.2, 0.25) is 24.3 Å². The summed E-state index contributed by atoms with van der Waals surface area (Å²) >= 11 is 0. The summed E-state index contributed by atoms with van der Waals surface area (Å²) in [4.78, 5) is 56.0. The molecule has 0 atom stereocenters. The lowest BCUT2D eigenvalue weighted by Crippen LogP contribution is -1.86. The largest absolute Gasteiger partial charge is 0.453 e. The minimum absolute atomic E-state index is 0.0226. The molecule has 0 aliphatic heterocycles. The average molecular weight is 334 g/mol. The predicted octanol–water partition coefficient (Wildman–Crippen LogP) is 3.35. The van der Waals surface area contributed by atoms with Gasteiger partial charge in [-0.3, -0.25) is 0 Å². The summed E-state index contributed by atoms with van der Waals surface area (Å²) in [5.74, 6) is 0.0452. The monoisotopic (exact) mass is 334 g/mol. The summed E-state index contributed by atoms with van der Waals surface area (Å²) in [5, 5.41) is 0. The molecule has 0 aliphatic rings. The highest BCUT2D eigenvalue weighted by atomic mass is 16.5. The van der Waals surface area contributed by atoms with Gasteiger partial charge >= 0.3 is 0 Å². The summed E-state index contributed by atoms with van der Waals surface area (Å²) in [6, 6.07) is 8.67. The second-order valence-corrected chi connectivity index (χ2v) is 4.16. The molecule has 2 rings (SSSR count). The van der Waals surface area contributed by atoms with Gasteiger partial charge in [0.15, 0.2) is 11.5 Å². The number of carbonyl (C=O) groups excluding carboxylic acids is 4. The van der Waals surface area contributed by atoms with Gasteiger partial charge in [-0.05, 0) is 24.3 Å². The molecule has 0 fully saturated rings. The Morgan fingerprint density at radius 1 is 0.600 bits per heavy atom. The number of hydrogen-bond acceptors (Lipinski definition) is 9. The number of rotatable bonds is 6. The quantitative estimate of drug-likeness (QED) is 0.591. The molecule has 0 N–H and O–H groups in total. The van der Waals surface area contributed by atoms with Crippen LogP contribution in [-0.2, 0) is 19.2 Å². The van der Waals surface area contributed by atoms with Crippen LogP contribution < -0.4 is 4.74 Å². The van der Waals surface area contributed by atoms with E-state index < -0.39 is 0 Å². The molecule has 2 aromatic rings. The molecular formula is C16H6N4O5. The van der Waals surface area contributed by atoms with Crippen molar-refractivity contribution in [2.45, 2.75) is 0 Å². The van der Waals surface area contributed by atoms with Crippen molar-refractivity contribution >= 4 is 47.1 Å². The lowest BCUT2D eigenvalue weighted by molar-refractivity contribution is 0.485. The number of nitrogens with zero attached hydrogens (tertiary/aromatic N) is 4. The SMILES string of the molecule is O=C=Nc1cccc(Oc2cccc(N=C=O)c2N=C=O)c1N=C=O. The Kier molecular flexibility index (Phi) is 5.76. The van der Waals surface area contributed by atoms with Crippen molar-refractivity contribution in [3.8, 4) is 11.5 Å². The predicted molar refractivity (Wildman–Crippen MR) is 84.1 cm³/mol. The van der Waals surface area contributed by atoms with Gasteiger partial charge in [-0.2, -0.15) is 20.0 Å². The van der Waals surface area contributed by atoms with Crippen LogP contribution in [0.15, 0.2) is 56.4 Å². The van der Waals surface area contributed by atoms with E-state index in [-0.39, 0.29) is 34.2 Å². The van der Waals surface area contributed by atoms with E-state index >= 15 is 0 Å². The number of benzene rings is 2. The van der Waals surface area contributed by atoms with Crippen LogP contribution in [0.5, 0.6) is 11.5 Å². The van der Waals surface area contributed by atoms with Gasteiger partial charge in [0.05, 0.1) is 0 Å². The van der Waals surface area contributed by atoms with Gasteiger partial charge in [-0.1, -0.05) is 12.1 Å².